The van der Waals surface area contributed by atoms with Crippen LogP contribution in [0.25, 0.3) is 5.69 Å². The van der Waals surface area contributed by atoms with E-state index in [0.717, 1.165) is 22.9 Å². The highest BCUT2D eigenvalue weighted by Crippen LogP contribution is 2.23. The molecule has 0 fully saturated rings. The first kappa shape index (κ1) is 12.4. The Morgan fingerprint density at radius 3 is 2.60 bits per heavy atom. The number of benzene rings is 2. The van der Waals surface area contributed by atoms with E-state index in [9.17, 15) is 0 Å². The summed E-state index contributed by atoms with van der Waals surface area (Å²) in [5.74, 6) is 1.60. The van der Waals surface area contributed by atoms with Crippen molar-refractivity contribution in [3.8, 4) is 17.2 Å². The van der Waals surface area contributed by atoms with E-state index in [0.29, 0.717) is 6.54 Å². The van der Waals surface area contributed by atoms with Crippen LogP contribution in [0.3, 0.4) is 0 Å². The van der Waals surface area contributed by atoms with E-state index in [1.807, 2.05) is 59.2 Å². The van der Waals surface area contributed by atoms with E-state index < -0.39 is 0 Å². The van der Waals surface area contributed by atoms with Crippen LogP contribution in [0.5, 0.6) is 11.5 Å². The van der Waals surface area contributed by atoms with Crippen molar-refractivity contribution in [2.24, 2.45) is 5.73 Å². The number of para-hydroxylation sites is 1. The van der Waals surface area contributed by atoms with E-state index in [1.54, 1.807) is 12.5 Å². The van der Waals surface area contributed by atoms with Crippen LogP contribution in [0.2, 0.25) is 0 Å². The highest BCUT2D eigenvalue weighted by Gasteiger charge is 2.04. The average molecular weight is 265 g/mol. The Morgan fingerprint density at radius 2 is 1.80 bits per heavy atom. The van der Waals surface area contributed by atoms with Gasteiger partial charge >= 0.3 is 0 Å². The molecule has 0 atom stereocenters. The van der Waals surface area contributed by atoms with Crippen molar-refractivity contribution in [2.45, 2.75) is 6.54 Å². The summed E-state index contributed by atoms with van der Waals surface area (Å²) in [6.07, 6.45) is 3.52. The van der Waals surface area contributed by atoms with Gasteiger partial charge in [0.05, 0.1) is 17.7 Å². The largest absolute Gasteiger partial charge is 0.457 e. The van der Waals surface area contributed by atoms with Crippen molar-refractivity contribution in [1.29, 1.82) is 0 Å². The second-order valence-corrected chi connectivity index (χ2v) is 4.37. The first-order chi connectivity index (χ1) is 9.86. The number of imidazole rings is 1. The third-order valence-corrected chi connectivity index (χ3v) is 3.00. The second-order valence-electron chi connectivity index (χ2n) is 4.37. The Bertz CT molecular complexity index is 692. The van der Waals surface area contributed by atoms with Gasteiger partial charge in [-0.3, -0.25) is 0 Å². The zero-order valence-electron chi connectivity index (χ0n) is 10.9. The Balaban J connectivity index is 1.90. The normalized spacial score (nSPS) is 10.4. The monoisotopic (exact) mass is 265 g/mol. The van der Waals surface area contributed by atoms with Gasteiger partial charge < -0.3 is 15.0 Å². The molecular formula is C16H15N3O. The molecule has 1 heterocycles. The summed E-state index contributed by atoms with van der Waals surface area (Å²) in [5.41, 5.74) is 7.64. The van der Waals surface area contributed by atoms with Gasteiger partial charge in [0.25, 0.3) is 0 Å². The molecule has 4 heteroatoms. The molecule has 0 spiro atoms. The molecule has 0 bridgehead atoms. The summed E-state index contributed by atoms with van der Waals surface area (Å²) in [7, 11) is 0. The zero-order chi connectivity index (χ0) is 13.8. The van der Waals surface area contributed by atoms with Crippen molar-refractivity contribution < 1.29 is 4.74 Å². The van der Waals surface area contributed by atoms with Crippen LogP contribution < -0.4 is 10.5 Å². The highest BCUT2D eigenvalue weighted by molar-refractivity contribution is 5.42. The Kier molecular flexibility index (Phi) is 3.48. The van der Waals surface area contributed by atoms with Gasteiger partial charge in [-0.2, -0.15) is 0 Å². The first-order valence-corrected chi connectivity index (χ1v) is 6.41. The van der Waals surface area contributed by atoms with Crippen molar-refractivity contribution in [2.75, 3.05) is 0 Å². The molecule has 3 aromatic rings. The lowest BCUT2D eigenvalue weighted by molar-refractivity contribution is 0.482. The van der Waals surface area contributed by atoms with Gasteiger partial charge in [-0.15, -0.1) is 0 Å². The topological polar surface area (TPSA) is 53.1 Å². The molecule has 0 amide bonds. The zero-order valence-corrected chi connectivity index (χ0v) is 10.9. The molecule has 3 rings (SSSR count). The van der Waals surface area contributed by atoms with Gasteiger partial charge in [0.15, 0.2) is 0 Å². The van der Waals surface area contributed by atoms with Gasteiger partial charge in [0, 0.05) is 18.8 Å². The molecule has 0 unspecified atom stereocenters. The van der Waals surface area contributed by atoms with E-state index in [2.05, 4.69) is 4.98 Å². The Hall–Kier alpha value is -2.59. The lowest BCUT2D eigenvalue weighted by atomic mass is 10.3. The Labute approximate surface area is 117 Å². The number of ether oxygens (including phenoxy) is 1. The van der Waals surface area contributed by atoms with Gasteiger partial charge in [0.1, 0.15) is 11.5 Å². The molecular weight excluding hydrogens is 250 g/mol. The molecule has 2 aromatic carbocycles. The molecule has 2 N–H and O–H groups in total. The third kappa shape index (κ3) is 2.55. The molecule has 0 aliphatic heterocycles. The maximum Gasteiger partial charge on any atom is 0.129 e. The van der Waals surface area contributed by atoms with Crippen LogP contribution in [0.1, 0.15) is 5.69 Å². The van der Waals surface area contributed by atoms with Crippen molar-refractivity contribution in [3.63, 3.8) is 0 Å². The summed E-state index contributed by atoms with van der Waals surface area (Å²) >= 11 is 0. The summed E-state index contributed by atoms with van der Waals surface area (Å²) < 4.78 is 7.78. The van der Waals surface area contributed by atoms with Crippen LogP contribution in [-0.2, 0) is 6.54 Å². The third-order valence-electron chi connectivity index (χ3n) is 3.00. The fourth-order valence-corrected chi connectivity index (χ4v) is 2.03. The van der Waals surface area contributed by atoms with E-state index >= 15 is 0 Å². The lowest BCUT2D eigenvalue weighted by Gasteiger charge is -2.10. The minimum Gasteiger partial charge on any atom is -0.457 e. The SMILES string of the molecule is NCc1cncn1-c1cccc(Oc2ccccc2)c1. The molecule has 0 aliphatic rings. The maximum atomic E-state index is 5.83. The fraction of sp³-hybridized carbons (Fsp3) is 0.0625. The molecule has 0 saturated carbocycles. The van der Waals surface area contributed by atoms with Crippen LogP contribution in [0, 0.1) is 0 Å². The van der Waals surface area contributed by atoms with Crippen molar-refractivity contribution in [1.82, 2.24) is 9.55 Å². The minimum absolute atomic E-state index is 0.448. The number of hydrogen-bond donors (Lipinski definition) is 1. The summed E-state index contributed by atoms with van der Waals surface area (Å²) in [4.78, 5) is 4.13. The highest BCUT2D eigenvalue weighted by atomic mass is 16.5. The predicted molar refractivity (Wildman–Crippen MR) is 78.0 cm³/mol. The van der Waals surface area contributed by atoms with E-state index in [-0.39, 0.29) is 0 Å². The average Bonchev–Trinajstić information content (AvgIpc) is 2.97. The molecule has 100 valence electrons. The van der Waals surface area contributed by atoms with Crippen LogP contribution in [-0.4, -0.2) is 9.55 Å². The summed E-state index contributed by atoms with van der Waals surface area (Å²) in [6.45, 7) is 0.448. The molecule has 0 saturated heterocycles. The van der Waals surface area contributed by atoms with Gasteiger partial charge in [-0.25, -0.2) is 4.98 Å². The van der Waals surface area contributed by atoms with Crippen molar-refractivity contribution in [3.05, 3.63) is 72.8 Å². The number of hydrogen-bond acceptors (Lipinski definition) is 3. The van der Waals surface area contributed by atoms with E-state index in [1.165, 1.54) is 0 Å². The number of rotatable bonds is 4. The number of aromatic nitrogens is 2. The first-order valence-electron chi connectivity index (χ1n) is 6.41. The molecule has 1 aromatic heterocycles. The van der Waals surface area contributed by atoms with Crippen LogP contribution >= 0.6 is 0 Å². The number of nitrogens with zero attached hydrogens (tertiary/aromatic N) is 2. The number of nitrogens with two attached hydrogens (primary N) is 1. The van der Waals surface area contributed by atoms with Crippen molar-refractivity contribution >= 4 is 0 Å². The summed E-state index contributed by atoms with van der Waals surface area (Å²) in [5, 5.41) is 0. The molecule has 0 radical (unpaired) electrons. The van der Waals surface area contributed by atoms with E-state index in [4.69, 9.17) is 10.5 Å². The fourth-order valence-electron chi connectivity index (χ4n) is 2.03. The predicted octanol–water partition coefficient (Wildman–Crippen LogP) is 3.12. The standard InChI is InChI=1S/C16H15N3O/c17-10-14-11-18-12-19(14)13-5-4-8-16(9-13)20-15-6-2-1-3-7-15/h1-9,11-12H,10,17H2. The van der Waals surface area contributed by atoms with Crippen LogP contribution in [0.15, 0.2) is 67.1 Å². The van der Waals surface area contributed by atoms with Gasteiger partial charge in [0.2, 0.25) is 0 Å². The molecule has 0 aliphatic carbocycles. The quantitative estimate of drug-likeness (QED) is 0.788. The van der Waals surface area contributed by atoms with Crippen LogP contribution in [0.4, 0.5) is 0 Å². The minimum atomic E-state index is 0.448. The molecule has 20 heavy (non-hydrogen) atoms. The smallest absolute Gasteiger partial charge is 0.129 e. The van der Waals surface area contributed by atoms with Gasteiger partial charge in [-0.1, -0.05) is 24.3 Å². The maximum absolute atomic E-state index is 5.83. The lowest BCUT2D eigenvalue weighted by Crippen LogP contribution is -2.04. The molecule has 4 nitrogen and oxygen atoms in total. The summed E-state index contributed by atoms with van der Waals surface area (Å²) in [6, 6.07) is 17.5. The van der Waals surface area contributed by atoms with Gasteiger partial charge in [-0.05, 0) is 24.3 Å². The Morgan fingerprint density at radius 1 is 1.00 bits per heavy atom. The second kappa shape index (κ2) is 5.59.